The van der Waals surface area contributed by atoms with Crippen LogP contribution in [0.2, 0.25) is 0 Å². The number of aryl methyl sites for hydroxylation is 1. The third-order valence-electron chi connectivity index (χ3n) is 5.04. The van der Waals surface area contributed by atoms with Crippen LogP contribution in [0, 0.1) is 6.92 Å². The summed E-state index contributed by atoms with van der Waals surface area (Å²) >= 11 is 1.41. The number of rotatable bonds is 8. The molecule has 1 aliphatic rings. The van der Waals surface area contributed by atoms with Crippen LogP contribution in [-0.4, -0.2) is 52.4 Å². The van der Waals surface area contributed by atoms with Gasteiger partial charge in [0.15, 0.2) is 11.6 Å². The van der Waals surface area contributed by atoms with Gasteiger partial charge in [-0.1, -0.05) is 41.7 Å². The van der Waals surface area contributed by atoms with E-state index < -0.39 is 6.10 Å². The molecule has 1 aromatic carbocycles. The molecule has 0 radical (unpaired) electrons. The van der Waals surface area contributed by atoms with Crippen molar-refractivity contribution in [2.75, 3.05) is 30.4 Å². The number of Topliss-reactive ketones (excluding diaryl/α,β-unsaturated/α-hetero) is 1. The number of carbonyl (C=O) groups is 1. The second-order valence-corrected chi connectivity index (χ2v) is 8.40. The molecule has 8 nitrogen and oxygen atoms in total. The number of ketones is 1. The first-order valence-corrected chi connectivity index (χ1v) is 10.7. The fourth-order valence-corrected chi connectivity index (χ4v) is 4.40. The van der Waals surface area contributed by atoms with E-state index in [9.17, 15) is 4.79 Å². The Morgan fingerprint density at radius 2 is 2.13 bits per heavy atom. The average Bonchev–Trinajstić information content (AvgIpc) is 3.39. The first-order chi connectivity index (χ1) is 14.6. The molecule has 1 fully saturated rings. The highest BCUT2D eigenvalue weighted by Gasteiger charge is 2.26. The Labute approximate surface area is 179 Å². The fourth-order valence-electron chi connectivity index (χ4n) is 3.57. The molecule has 0 spiro atoms. The lowest BCUT2D eigenvalue weighted by Crippen LogP contribution is -2.26. The number of benzene rings is 1. The lowest BCUT2D eigenvalue weighted by Gasteiger charge is -2.17. The molecular formula is C21H24N6O2S. The van der Waals surface area contributed by atoms with E-state index in [1.807, 2.05) is 43.3 Å². The molecule has 30 heavy (non-hydrogen) atoms. The number of nitrogens with one attached hydrogen (secondary N) is 1. The van der Waals surface area contributed by atoms with Gasteiger partial charge in [-0.25, -0.2) is 0 Å². The van der Waals surface area contributed by atoms with Crippen molar-refractivity contribution in [3.05, 3.63) is 58.7 Å². The summed E-state index contributed by atoms with van der Waals surface area (Å²) in [6, 6.07) is 11.8. The smallest absolute Gasteiger partial charge is 0.205 e. The van der Waals surface area contributed by atoms with Crippen LogP contribution in [-0.2, 0) is 16.0 Å². The van der Waals surface area contributed by atoms with Gasteiger partial charge in [0.25, 0.3) is 0 Å². The largest absolute Gasteiger partial charge is 0.369 e. The zero-order chi connectivity index (χ0) is 20.9. The van der Waals surface area contributed by atoms with E-state index >= 15 is 0 Å². The van der Waals surface area contributed by atoms with Crippen molar-refractivity contribution >= 4 is 28.1 Å². The van der Waals surface area contributed by atoms with Crippen LogP contribution >= 0.6 is 11.3 Å². The standard InChI is InChI=1S/C21H24N6O2S/c1-14-10-18(24-22-12-14)27-9-8-16(13-27)23-21-26-25-19(30-21)11-17(28)20(29-2)15-6-4-3-5-7-15/h3-7,10,12,16,20H,8-9,11,13H2,1-2H3,(H,23,26)/t16-,20+/m1/s1. The van der Waals surface area contributed by atoms with E-state index in [0.717, 1.165) is 41.6 Å². The minimum atomic E-state index is -0.592. The van der Waals surface area contributed by atoms with E-state index in [1.54, 1.807) is 13.3 Å². The molecule has 0 bridgehead atoms. The normalized spacial score (nSPS) is 17.1. The van der Waals surface area contributed by atoms with Gasteiger partial charge in [-0.05, 0) is 30.5 Å². The van der Waals surface area contributed by atoms with Gasteiger partial charge in [0, 0.05) is 26.2 Å². The van der Waals surface area contributed by atoms with Crippen LogP contribution < -0.4 is 10.2 Å². The minimum absolute atomic E-state index is 0.0311. The zero-order valence-electron chi connectivity index (χ0n) is 17.0. The van der Waals surface area contributed by atoms with Crippen LogP contribution in [0.15, 0.2) is 42.6 Å². The predicted octanol–water partition coefficient (Wildman–Crippen LogP) is 2.83. The van der Waals surface area contributed by atoms with Crippen molar-refractivity contribution < 1.29 is 9.53 Å². The van der Waals surface area contributed by atoms with Gasteiger partial charge in [0.1, 0.15) is 11.1 Å². The second-order valence-electron chi connectivity index (χ2n) is 7.34. The van der Waals surface area contributed by atoms with Crippen molar-refractivity contribution in [3.63, 3.8) is 0 Å². The Bertz CT molecular complexity index is 996. The van der Waals surface area contributed by atoms with Crippen molar-refractivity contribution in [2.24, 2.45) is 0 Å². The molecule has 2 atom stereocenters. The van der Waals surface area contributed by atoms with E-state index in [0.29, 0.717) is 5.01 Å². The van der Waals surface area contributed by atoms with Gasteiger partial charge < -0.3 is 15.0 Å². The number of aromatic nitrogens is 4. The molecule has 1 aliphatic heterocycles. The van der Waals surface area contributed by atoms with Gasteiger partial charge in [0.2, 0.25) is 5.13 Å². The molecule has 1 saturated heterocycles. The Morgan fingerprint density at radius 3 is 2.90 bits per heavy atom. The number of methoxy groups -OCH3 is 1. The Kier molecular flexibility index (Phi) is 6.29. The monoisotopic (exact) mass is 424 g/mol. The highest BCUT2D eigenvalue weighted by atomic mass is 32.1. The van der Waals surface area contributed by atoms with Crippen molar-refractivity contribution in [3.8, 4) is 0 Å². The van der Waals surface area contributed by atoms with Crippen molar-refractivity contribution in [1.82, 2.24) is 20.4 Å². The molecule has 1 N–H and O–H groups in total. The van der Waals surface area contributed by atoms with Crippen LogP contribution in [0.4, 0.5) is 10.9 Å². The Hall–Kier alpha value is -2.91. The number of anilines is 2. The molecule has 0 saturated carbocycles. The van der Waals surface area contributed by atoms with Gasteiger partial charge in [-0.15, -0.1) is 15.3 Å². The van der Waals surface area contributed by atoms with Crippen molar-refractivity contribution in [2.45, 2.75) is 31.9 Å². The summed E-state index contributed by atoms with van der Waals surface area (Å²) in [5.41, 5.74) is 1.94. The van der Waals surface area contributed by atoms with Gasteiger partial charge in [-0.3, -0.25) is 4.79 Å². The maximum absolute atomic E-state index is 12.7. The maximum Gasteiger partial charge on any atom is 0.205 e. The second kappa shape index (κ2) is 9.27. The van der Waals surface area contributed by atoms with Crippen LogP contribution in [0.3, 0.4) is 0 Å². The summed E-state index contributed by atoms with van der Waals surface area (Å²) in [7, 11) is 1.55. The molecular weight excluding hydrogens is 400 g/mol. The fraction of sp³-hybridized carbons (Fsp3) is 0.381. The third-order valence-corrected chi connectivity index (χ3v) is 5.90. The van der Waals surface area contributed by atoms with Crippen LogP contribution in [0.1, 0.15) is 28.7 Å². The summed E-state index contributed by atoms with van der Waals surface area (Å²) in [4.78, 5) is 14.9. The van der Waals surface area contributed by atoms with E-state index in [2.05, 4.69) is 30.6 Å². The summed E-state index contributed by atoms with van der Waals surface area (Å²) in [6.07, 6.45) is 2.34. The van der Waals surface area contributed by atoms with Gasteiger partial charge in [-0.2, -0.15) is 5.10 Å². The number of ether oxygens (including phenoxy) is 1. The molecule has 4 rings (SSSR count). The third kappa shape index (κ3) is 4.80. The molecule has 3 aromatic rings. The van der Waals surface area contributed by atoms with Crippen LogP contribution in [0.5, 0.6) is 0 Å². The first kappa shape index (κ1) is 20.4. The average molecular weight is 425 g/mol. The molecule has 0 amide bonds. The highest BCUT2D eigenvalue weighted by Crippen LogP contribution is 2.25. The number of hydrogen-bond donors (Lipinski definition) is 1. The maximum atomic E-state index is 12.7. The summed E-state index contributed by atoms with van der Waals surface area (Å²) in [5.74, 6) is 0.867. The Morgan fingerprint density at radius 1 is 1.30 bits per heavy atom. The summed E-state index contributed by atoms with van der Waals surface area (Å²) in [6.45, 7) is 3.75. The van der Waals surface area contributed by atoms with Gasteiger partial charge >= 0.3 is 0 Å². The molecule has 0 aliphatic carbocycles. The minimum Gasteiger partial charge on any atom is -0.369 e. The first-order valence-electron chi connectivity index (χ1n) is 9.86. The zero-order valence-corrected chi connectivity index (χ0v) is 17.8. The molecule has 2 aromatic heterocycles. The van der Waals surface area contributed by atoms with E-state index in [-0.39, 0.29) is 18.2 Å². The lowest BCUT2D eigenvalue weighted by molar-refractivity contribution is -0.128. The molecule has 9 heteroatoms. The summed E-state index contributed by atoms with van der Waals surface area (Å²) < 4.78 is 5.42. The highest BCUT2D eigenvalue weighted by molar-refractivity contribution is 7.15. The number of nitrogens with zero attached hydrogens (tertiary/aromatic N) is 5. The van der Waals surface area contributed by atoms with Crippen molar-refractivity contribution in [1.29, 1.82) is 0 Å². The SMILES string of the molecule is CO[C@H](C(=O)Cc1nnc(N[C@@H]2CCN(c3cc(C)cnn3)C2)s1)c1ccccc1. The van der Waals surface area contributed by atoms with Gasteiger partial charge in [0.05, 0.1) is 12.6 Å². The van der Waals surface area contributed by atoms with Crippen LogP contribution in [0.25, 0.3) is 0 Å². The molecule has 0 unspecified atom stereocenters. The summed E-state index contributed by atoms with van der Waals surface area (Å²) in [5, 5.41) is 21.5. The van der Waals surface area contributed by atoms with E-state index in [4.69, 9.17) is 4.74 Å². The lowest BCUT2D eigenvalue weighted by atomic mass is 10.0. The number of carbonyl (C=O) groups excluding carboxylic acids is 1. The Balaban J connectivity index is 1.34. The predicted molar refractivity (Wildman–Crippen MR) is 116 cm³/mol. The quantitative estimate of drug-likeness (QED) is 0.590. The molecule has 3 heterocycles. The van der Waals surface area contributed by atoms with E-state index in [1.165, 1.54) is 11.3 Å². The molecule has 156 valence electrons. The topological polar surface area (TPSA) is 93.1 Å². The number of hydrogen-bond acceptors (Lipinski definition) is 9.